The van der Waals surface area contributed by atoms with Crippen LogP contribution in [0.3, 0.4) is 0 Å². The van der Waals surface area contributed by atoms with Gasteiger partial charge < -0.3 is 9.64 Å². The first-order valence-corrected chi connectivity index (χ1v) is 10.8. The molecule has 1 saturated carbocycles. The maximum Gasteiger partial charge on any atom is 0.410 e. The molecule has 1 aliphatic rings. The van der Waals surface area contributed by atoms with Crippen LogP contribution >= 0.6 is 15.9 Å². The summed E-state index contributed by atoms with van der Waals surface area (Å²) in [5, 5.41) is 0. The van der Waals surface area contributed by atoms with E-state index in [1.807, 2.05) is 56.7 Å². The Morgan fingerprint density at radius 3 is 2.69 bits per heavy atom. The Kier molecular flexibility index (Phi) is 5.85. The molecule has 0 aliphatic heterocycles. The highest BCUT2D eigenvalue weighted by Crippen LogP contribution is 2.36. The number of hydrogen-bond acceptors (Lipinski definition) is 4. The molecule has 0 bridgehead atoms. The molecule has 4 rings (SSSR count). The zero-order valence-electron chi connectivity index (χ0n) is 16.7. The van der Waals surface area contributed by atoms with E-state index in [4.69, 9.17) is 9.72 Å². The van der Waals surface area contributed by atoms with Crippen LogP contribution in [-0.4, -0.2) is 38.5 Å². The van der Waals surface area contributed by atoms with E-state index >= 15 is 0 Å². The molecule has 1 amide bonds. The van der Waals surface area contributed by atoms with Gasteiger partial charge in [-0.25, -0.2) is 9.78 Å². The Morgan fingerprint density at radius 2 is 1.97 bits per heavy atom. The molecule has 0 spiro atoms. The zero-order chi connectivity index (χ0) is 20.4. The largest absolute Gasteiger partial charge is 0.445 e. The highest BCUT2D eigenvalue weighted by atomic mass is 79.9. The second-order valence-electron chi connectivity index (χ2n) is 7.65. The van der Waals surface area contributed by atoms with Crippen molar-refractivity contribution in [2.75, 3.05) is 7.05 Å². The van der Waals surface area contributed by atoms with E-state index in [9.17, 15) is 4.79 Å². The zero-order valence-corrected chi connectivity index (χ0v) is 18.3. The van der Waals surface area contributed by atoms with Gasteiger partial charge in [-0.15, -0.1) is 0 Å². The van der Waals surface area contributed by atoms with Gasteiger partial charge in [-0.2, -0.15) is 0 Å². The van der Waals surface area contributed by atoms with Crippen LogP contribution in [0.25, 0.3) is 5.52 Å². The Hall–Kier alpha value is -2.41. The third kappa shape index (κ3) is 4.15. The number of imidazole rings is 1. The van der Waals surface area contributed by atoms with Crippen LogP contribution in [0.4, 0.5) is 4.79 Å². The van der Waals surface area contributed by atoms with Crippen LogP contribution in [0.5, 0.6) is 0 Å². The predicted molar refractivity (Wildman–Crippen MR) is 115 cm³/mol. The second-order valence-corrected chi connectivity index (χ2v) is 8.40. The quantitative estimate of drug-likeness (QED) is 0.547. The number of aryl methyl sites for hydroxylation is 1. The standard InChI is InChI=1S/C22H25BrN4O2/c1-15-19-20(23)25-21(27(19)13-12-24-15)17-8-10-18(11-9-17)26(2)22(28)29-14-16-6-4-3-5-7-16/h3-7,12-13,17-18H,8-11,14H2,1-2H3. The summed E-state index contributed by atoms with van der Waals surface area (Å²) in [6.45, 7) is 2.30. The number of nitrogens with zero attached hydrogens (tertiary/aromatic N) is 4. The lowest BCUT2D eigenvalue weighted by Gasteiger charge is -2.33. The molecular formula is C22H25BrN4O2. The first-order valence-electron chi connectivity index (χ1n) is 9.97. The summed E-state index contributed by atoms with van der Waals surface area (Å²) in [6.07, 6.45) is 7.42. The molecule has 0 atom stereocenters. The van der Waals surface area contributed by atoms with E-state index in [1.54, 1.807) is 4.90 Å². The fourth-order valence-corrected chi connectivity index (χ4v) is 4.81. The number of aromatic nitrogens is 3. The lowest BCUT2D eigenvalue weighted by Crippen LogP contribution is -2.39. The molecule has 7 heteroatoms. The molecule has 29 heavy (non-hydrogen) atoms. The number of carbonyl (C=O) groups excluding carboxylic acids is 1. The van der Waals surface area contributed by atoms with Crippen molar-refractivity contribution in [3.05, 3.63) is 64.4 Å². The molecule has 1 aliphatic carbocycles. The lowest BCUT2D eigenvalue weighted by atomic mass is 9.85. The Balaban J connectivity index is 1.37. The number of hydrogen-bond donors (Lipinski definition) is 0. The average molecular weight is 457 g/mol. The molecule has 6 nitrogen and oxygen atoms in total. The number of rotatable bonds is 4. The van der Waals surface area contributed by atoms with Crippen molar-refractivity contribution >= 4 is 27.5 Å². The number of amides is 1. The Labute approximate surface area is 179 Å². The third-order valence-corrected chi connectivity index (χ3v) is 6.38. The molecule has 3 aromatic rings. The summed E-state index contributed by atoms with van der Waals surface area (Å²) in [4.78, 5) is 23.4. The van der Waals surface area contributed by atoms with Gasteiger partial charge in [-0.05, 0) is 54.1 Å². The smallest absolute Gasteiger partial charge is 0.410 e. The lowest BCUT2D eigenvalue weighted by molar-refractivity contribution is 0.0818. The molecular weight excluding hydrogens is 432 g/mol. The topological polar surface area (TPSA) is 59.7 Å². The highest BCUT2D eigenvalue weighted by molar-refractivity contribution is 9.10. The van der Waals surface area contributed by atoms with Crippen LogP contribution in [-0.2, 0) is 11.3 Å². The summed E-state index contributed by atoms with van der Waals surface area (Å²) in [7, 11) is 1.84. The minimum atomic E-state index is -0.256. The summed E-state index contributed by atoms with van der Waals surface area (Å²) >= 11 is 3.58. The first kappa shape index (κ1) is 19.9. The van der Waals surface area contributed by atoms with Crippen LogP contribution < -0.4 is 0 Å². The van der Waals surface area contributed by atoms with E-state index in [0.717, 1.165) is 52.9 Å². The van der Waals surface area contributed by atoms with Gasteiger partial charge in [0.25, 0.3) is 0 Å². The molecule has 2 aromatic heterocycles. The van der Waals surface area contributed by atoms with Crippen molar-refractivity contribution in [2.24, 2.45) is 0 Å². The maximum absolute atomic E-state index is 12.5. The van der Waals surface area contributed by atoms with Gasteiger partial charge in [0.05, 0.1) is 5.69 Å². The Bertz CT molecular complexity index is 997. The molecule has 0 N–H and O–H groups in total. The second kappa shape index (κ2) is 8.53. The van der Waals surface area contributed by atoms with Crippen LogP contribution in [0.15, 0.2) is 47.3 Å². The average Bonchev–Trinajstić information content (AvgIpc) is 3.10. The molecule has 0 unspecified atom stereocenters. The van der Waals surface area contributed by atoms with Crippen LogP contribution in [0, 0.1) is 6.92 Å². The van der Waals surface area contributed by atoms with Gasteiger partial charge in [0.15, 0.2) is 0 Å². The number of ether oxygens (including phenoxy) is 1. The van der Waals surface area contributed by atoms with Crippen molar-refractivity contribution in [1.82, 2.24) is 19.3 Å². The molecule has 0 saturated heterocycles. The normalized spacial score (nSPS) is 19.3. The molecule has 1 aromatic carbocycles. The fourth-order valence-electron chi connectivity index (χ4n) is 4.15. The maximum atomic E-state index is 12.5. The SMILES string of the molecule is Cc1nccn2c(C3CCC(N(C)C(=O)OCc4ccccc4)CC3)nc(Br)c12. The van der Waals surface area contributed by atoms with Crippen LogP contribution in [0.1, 0.15) is 48.7 Å². The summed E-state index contributed by atoms with van der Waals surface area (Å²) in [5.74, 6) is 1.45. The van der Waals surface area contributed by atoms with Crippen molar-refractivity contribution in [3.63, 3.8) is 0 Å². The predicted octanol–water partition coefficient (Wildman–Crippen LogP) is 5.10. The van der Waals surface area contributed by atoms with Crippen molar-refractivity contribution in [3.8, 4) is 0 Å². The van der Waals surface area contributed by atoms with Crippen molar-refractivity contribution < 1.29 is 9.53 Å². The summed E-state index contributed by atoms with van der Waals surface area (Å²) < 4.78 is 8.48. The number of carbonyl (C=O) groups is 1. The summed E-state index contributed by atoms with van der Waals surface area (Å²) in [6, 6.07) is 9.97. The third-order valence-electron chi connectivity index (χ3n) is 5.83. The Morgan fingerprint density at radius 1 is 1.24 bits per heavy atom. The number of halogens is 1. The molecule has 2 heterocycles. The van der Waals surface area contributed by atoms with E-state index in [0.29, 0.717) is 12.5 Å². The molecule has 0 radical (unpaired) electrons. The van der Waals surface area contributed by atoms with Crippen LogP contribution in [0.2, 0.25) is 0 Å². The van der Waals surface area contributed by atoms with Gasteiger partial charge in [0.1, 0.15) is 22.6 Å². The van der Waals surface area contributed by atoms with Gasteiger partial charge >= 0.3 is 6.09 Å². The highest BCUT2D eigenvalue weighted by Gasteiger charge is 2.30. The monoisotopic (exact) mass is 456 g/mol. The van der Waals surface area contributed by atoms with E-state index < -0.39 is 0 Å². The fraction of sp³-hybridized carbons (Fsp3) is 0.409. The van der Waals surface area contributed by atoms with Gasteiger partial charge in [-0.1, -0.05) is 30.3 Å². The van der Waals surface area contributed by atoms with Gasteiger partial charge in [0, 0.05) is 31.4 Å². The molecule has 152 valence electrons. The van der Waals surface area contributed by atoms with Crippen molar-refractivity contribution in [1.29, 1.82) is 0 Å². The van der Waals surface area contributed by atoms with Crippen molar-refractivity contribution in [2.45, 2.75) is 51.2 Å². The number of benzene rings is 1. The first-order chi connectivity index (χ1) is 14.0. The van der Waals surface area contributed by atoms with E-state index in [1.165, 1.54) is 0 Å². The molecule has 1 fully saturated rings. The van der Waals surface area contributed by atoms with E-state index in [-0.39, 0.29) is 12.1 Å². The van der Waals surface area contributed by atoms with Gasteiger partial charge in [-0.3, -0.25) is 9.38 Å². The summed E-state index contributed by atoms with van der Waals surface area (Å²) in [5.41, 5.74) is 3.00. The minimum absolute atomic E-state index is 0.201. The minimum Gasteiger partial charge on any atom is -0.445 e. The van der Waals surface area contributed by atoms with E-state index in [2.05, 4.69) is 25.3 Å². The number of fused-ring (bicyclic) bond motifs is 1. The van der Waals surface area contributed by atoms with Gasteiger partial charge in [0.2, 0.25) is 0 Å².